The highest BCUT2D eigenvalue weighted by atomic mass is 35.5. The second-order valence-electron chi connectivity index (χ2n) is 3.44. The van der Waals surface area contributed by atoms with E-state index in [1.54, 1.807) is 0 Å². The molecule has 0 saturated heterocycles. The number of alkyl halides is 1. The van der Waals surface area contributed by atoms with E-state index in [1.165, 1.54) is 0 Å². The van der Waals surface area contributed by atoms with Crippen molar-refractivity contribution < 1.29 is 4.48 Å². The summed E-state index contributed by atoms with van der Waals surface area (Å²) in [6, 6.07) is 0. The molecular formula is C6H17ClN3+. The molecule has 0 aliphatic heterocycles. The predicted octanol–water partition coefficient (Wildman–Crippen LogP) is -0.107. The highest BCUT2D eigenvalue weighted by Gasteiger charge is 2.33. The van der Waals surface area contributed by atoms with Crippen LogP contribution in [0.2, 0.25) is 0 Å². The number of hydrogen-bond donors (Lipinski definition) is 2. The van der Waals surface area contributed by atoms with Gasteiger partial charge in [0, 0.05) is 12.3 Å². The first kappa shape index (κ1) is 10.2. The van der Waals surface area contributed by atoms with Gasteiger partial charge in [0.2, 0.25) is 5.79 Å². The fourth-order valence-electron chi connectivity index (χ4n) is 0.487. The second-order valence-corrected chi connectivity index (χ2v) is 3.82. The van der Waals surface area contributed by atoms with Crippen LogP contribution in [0.25, 0.3) is 0 Å². The zero-order chi connectivity index (χ0) is 8.41. The normalized spacial score (nSPS) is 13.8. The summed E-state index contributed by atoms with van der Waals surface area (Å²) < 4.78 is 0.528. The van der Waals surface area contributed by atoms with Gasteiger partial charge >= 0.3 is 0 Å². The molecule has 0 aliphatic rings. The van der Waals surface area contributed by atoms with Crippen LogP contribution >= 0.6 is 11.6 Å². The van der Waals surface area contributed by atoms with E-state index in [1.807, 2.05) is 21.1 Å². The minimum absolute atomic E-state index is 0.503. The van der Waals surface area contributed by atoms with Crippen LogP contribution in [0.15, 0.2) is 0 Å². The third kappa shape index (κ3) is 2.42. The molecule has 0 aromatic carbocycles. The lowest BCUT2D eigenvalue weighted by Crippen LogP contribution is -2.69. The van der Waals surface area contributed by atoms with Gasteiger partial charge in [0.05, 0.1) is 21.1 Å². The van der Waals surface area contributed by atoms with Crippen molar-refractivity contribution in [2.24, 2.45) is 11.5 Å². The Kier molecular flexibility index (Phi) is 3.10. The van der Waals surface area contributed by atoms with E-state index in [4.69, 9.17) is 23.1 Å². The largest absolute Gasteiger partial charge is 0.301 e. The molecule has 4 N–H and O–H groups in total. The van der Waals surface area contributed by atoms with Crippen molar-refractivity contribution >= 4 is 11.6 Å². The number of nitrogens with zero attached hydrogens (tertiary/aromatic N) is 1. The van der Waals surface area contributed by atoms with Crippen LogP contribution in [0.1, 0.15) is 6.42 Å². The topological polar surface area (TPSA) is 52.0 Å². The fourth-order valence-corrected chi connectivity index (χ4v) is 0.790. The standard InChI is InChI=1S/C6H17ClN3/c1-10(2,3)6(8,9)4-5-7/h4-5,8-9H2,1-3H3/q+1. The van der Waals surface area contributed by atoms with Gasteiger partial charge in [-0.05, 0) is 0 Å². The molecule has 0 heterocycles. The molecule has 0 aliphatic carbocycles. The molecule has 3 nitrogen and oxygen atoms in total. The van der Waals surface area contributed by atoms with Crippen molar-refractivity contribution in [1.82, 2.24) is 0 Å². The van der Waals surface area contributed by atoms with Gasteiger partial charge in [-0.3, -0.25) is 11.5 Å². The predicted molar refractivity (Wildman–Crippen MR) is 44.5 cm³/mol. The number of hydrogen-bond acceptors (Lipinski definition) is 2. The molecule has 0 atom stereocenters. The minimum atomic E-state index is -0.707. The Morgan fingerprint density at radius 3 is 1.80 bits per heavy atom. The van der Waals surface area contributed by atoms with Gasteiger partial charge in [0.1, 0.15) is 0 Å². The van der Waals surface area contributed by atoms with Gasteiger partial charge in [-0.2, -0.15) is 0 Å². The van der Waals surface area contributed by atoms with Crippen molar-refractivity contribution in [2.75, 3.05) is 27.0 Å². The zero-order valence-electron chi connectivity index (χ0n) is 6.89. The lowest BCUT2D eigenvalue weighted by molar-refractivity contribution is -0.924. The van der Waals surface area contributed by atoms with Crippen molar-refractivity contribution in [3.8, 4) is 0 Å². The van der Waals surface area contributed by atoms with Crippen molar-refractivity contribution in [2.45, 2.75) is 12.2 Å². The third-order valence-electron chi connectivity index (χ3n) is 1.74. The third-order valence-corrected chi connectivity index (χ3v) is 1.93. The highest BCUT2D eigenvalue weighted by Crippen LogP contribution is 2.10. The molecule has 0 rings (SSSR count). The Balaban J connectivity index is 4.10. The maximum Gasteiger partial charge on any atom is 0.205 e. The minimum Gasteiger partial charge on any atom is -0.301 e. The summed E-state index contributed by atoms with van der Waals surface area (Å²) in [6.07, 6.45) is 0.623. The number of quaternary nitrogens is 1. The quantitative estimate of drug-likeness (QED) is 0.349. The lowest BCUT2D eigenvalue weighted by atomic mass is 10.2. The summed E-state index contributed by atoms with van der Waals surface area (Å²) in [7, 11) is 5.85. The lowest BCUT2D eigenvalue weighted by Gasteiger charge is -2.39. The average molecular weight is 167 g/mol. The molecule has 0 unspecified atom stereocenters. The summed E-state index contributed by atoms with van der Waals surface area (Å²) in [5, 5.41) is 0. The first-order chi connectivity index (χ1) is 4.31. The molecule has 0 spiro atoms. The molecule has 10 heavy (non-hydrogen) atoms. The summed E-state index contributed by atoms with van der Waals surface area (Å²) in [5.74, 6) is -0.204. The summed E-state index contributed by atoms with van der Waals surface area (Å²) in [4.78, 5) is 0. The molecule has 0 fully saturated rings. The van der Waals surface area contributed by atoms with Crippen LogP contribution in [0.3, 0.4) is 0 Å². The fraction of sp³-hybridized carbons (Fsp3) is 1.00. The Hall–Kier alpha value is 0.170. The van der Waals surface area contributed by atoms with Crippen molar-refractivity contribution in [1.29, 1.82) is 0 Å². The zero-order valence-corrected chi connectivity index (χ0v) is 7.65. The van der Waals surface area contributed by atoms with Gasteiger partial charge in [0.25, 0.3) is 0 Å². The van der Waals surface area contributed by atoms with Gasteiger partial charge in [-0.1, -0.05) is 0 Å². The maximum absolute atomic E-state index is 5.77. The highest BCUT2D eigenvalue weighted by molar-refractivity contribution is 6.17. The molecule has 0 radical (unpaired) electrons. The smallest absolute Gasteiger partial charge is 0.205 e. The SMILES string of the molecule is C[N+](C)(C)C(N)(N)CCCl. The molecule has 0 amide bonds. The molecular weight excluding hydrogens is 150 g/mol. The number of halogens is 1. The molecule has 4 heteroatoms. The Bertz CT molecular complexity index is 106. The van der Waals surface area contributed by atoms with E-state index in [9.17, 15) is 0 Å². The molecule has 0 aromatic rings. The first-order valence-electron chi connectivity index (χ1n) is 3.26. The maximum atomic E-state index is 5.77. The Labute approximate surface area is 67.5 Å². The van der Waals surface area contributed by atoms with E-state index in [-0.39, 0.29) is 0 Å². The second kappa shape index (κ2) is 3.05. The average Bonchev–Trinajstić information content (AvgIpc) is 1.61. The number of nitrogens with two attached hydrogens (primary N) is 2. The van der Waals surface area contributed by atoms with E-state index in [0.717, 1.165) is 0 Å². The van der Waals surface area contributed by atoms with E-state index >= 15 is 0 Å². The van der Waals surface area contributed by atoms with Crippen LogP contribution in [-0.2, 0) is 0 Å². The first-order valence-corrected chi connectivity index (χ1v) is 3.80. The Morgan fingerprint density at radius 1 is 1.30 bits per heavy atom. The van der Waals surface area contributed by atoms with Crippen molar-refractivity contribution in [3.05, 3.63) is 0 Å². The van der Waals surface area contributed by atoms with E-state index < -0.39 is 5.79 Å². The van der Waals surface area contributed by atoms with Gasteiger partial charge < -0.3 is 4.48 Å². The monoisotopic (exact) mass is 166 g/mol. The molecule has 0 bridgehead atoms. The van der Waals surface area contributed by atoms with E-state index in [2.05, 4.69) is 0 Å². The van der Waals surface area contributed by atoms with Gasteiger partial charge in [-0.25, -0.2) is 0 Å². The van der Waals surface area contributed by atoms with Crippen molar-refractivity contribution in [3.63, 3.8) is 0 Å². The Morgan fingerprint density at radius 2 is 1.70 bits per heavy atom. The van der Waals surface area contributed by atoms with Crippen LogP contribution < -0.4 is 11.5 Å². The summed E-state index contributed by atoms with van der Waals surface area (Å²) >= 11 is 5.52. The van der Waals surface area contributed by atoms with Crippen LogP contribution in [0, 0.1) is 0 Å². The summed E-state index contributed by atoms with van der Waals surface area (Å²) in [6.45, 7) is 0. The number of rotatable bonds is 3. The van der Waals surface area contributed by atoms with Crippen LogP contribution in [0.4, 0.5) is 0 Å². The van der Waals surface area contributed by atoms with E-state index in [0.29, 0.717) is 16.8 Å². The van der Waals surface area contributed by atoms with Crippen LogP contribution in [0.5, 0.6) is 0 Å². The molecule has 0 saturated carbocycles. The van der Waals surface area contributed by atoms with Gasteiger partial charge in [0.15, 0.2) is 0 Å². The van der Waals surface area contributed by atoms with Crippen LogP contribution in [-0.4, -0.2) is 37.3 Å². The van der Waals surface area contributed by atoms with Gasteiger partial charge in [-0.15, -0.1) is 11.6 Å². The molecule has 62 valence electrons. The summed E-state index contributed by atoms with van der Waals surface area (Å²) in [5.41, 5.74) is 11.5. The molecule has 0 aromatic heterocycles.